The van der Waals surface area contributed by atoms with Crippen molar-refractivity contribution < 1.29 is 14.3 Å². The molecule has 0 bridgehead atoms. The molecule has 5 heteroatoms. The molecule has 0 aliphatic carbocycles. The summed E-state index contributed by atoms with van der Waals surface area (Å²) in [6.45, 7) is 5.14. The van der Waals surface area contributed by atoms with Crippen molar-refractivity contribution in [3.05, 3.63) is 29.8 Å². The quantitative estimate of drug-likeness (QED) is 0.565. The number of amides is 1. The van der Waals surface area contributed by atoms with E-state index in [0.29, 0.717) is 18.7 Å². The molecule has 1 aromatic carbocycles. The first-order valence-electron chi connectivity index (χ1n) is 6.95. The van der Waals surface area contributed by atoms with Crippen molar-refractivity contribution in [2.45, 2.75) is 26.7 Å². The zero-order valence-electron chi connectivity index (χ0n) is 12.1. The van der Waals surface area contributed by atoms with E-state index in [1.165, 1.54) is 0 Å². The number of rotatable bonds is 8. The van der Waals surface area contributed by atoms with Gasteiger partial charge in [-0.1, -0.05) is 13.3 Å². The third-order valence-corrected chi connectivity index (χ3v) is 2.70. The molecule has 20 heavy (non-hydrogen) atoms. The Morgan fingerprint density at radius 3 is 2.45 bits per heavy atom. The van der Waals surface area contributed by atoms with Gasteiger partial charge in [-0.05, 0) is 37.6 Å². The third kappa shape index (κ3) is 5.73. The fourth-order valence-electron chi connectivity index (χ4n) is 1.59. The summed E-state index contributed by atoms with van der Waals surface area (Å²) >= 11 is 0. The Hall–Kier alpha value is -2.04. The van der Waals surface area contributed by atoms with Crippen molar-refractivity contribution in [2.75, 3.05) is 25.0 Å². The molecule has 0 aliphatic rings. The lowest BCUT2D eigenvalue weighted by atomic mass is 10.2. The van der Waals surface area contributed by atoms with Gasteiger partial charge in [-0.2, -0.15) is 0 Å². The summed E-state index contributed by atoms with van der Waals surface area (Å²) in [5, 5.41) is 5.83. The SMILES string of the molecule is CCCCNC(=O)CNc1ccc(C(=O)OCC)cc1. The number of esters is 1. The van der Waals surface area contributed by atoms with E-state index in [2.05, 4.69) is 17.6 Å². The minimum absolute atomic E-state index is 0.0343. The number of ether oxygens (including phenoxy) is 1. The number of hydrogen-bond donors (Lipinski definition) is 2. The summed E-state index contributed by atoms with van der Waals surface area (Å²) < 4.78 is 4.90. The van der Waals surface area contributed by atoms with E-state index in [9.17, 15) is 9.59 Å². The van der Waals surface area contributed by atoms with Gasteiger partial charge in [0, 0.05) is 12.2 Å². The van der Waals surface area contributed by atoms with Gasteiger partial charge >= 0.3 is 5.97 Å². The van der Waals surface area contributed by atoms with E-state index in [-0.39, 0.29) is 18.4 Å². The summed E-state index contributed by atoms with van der Waals surface area (Å²) in [5.74, 6) is -0.371. The lowest BCUT2D eigenvalue weighted by Gasteiger charge is -2.08. The van der Waals surface area contributed by atoms with Crippen molar-refractivity contribution in [1.29, 1.82) is 0 Å². The summed E-state index contributed by atoms with van der Waals surface area (Å²) in [7, 11) is 0. The number of anilines is 1. The monoisotopic (exact) mass is 278 g/mol. The van der Waals surface area contributed by atoms with Crippen molar-refractivity contribution in [3.63, 3.8) is 0 Å². The predicted molar refractivity (Wildman–Crippen MR) is 78.8 cm³/mol. The molecule has 0 aromatic heterocycles. The molecule has 0 unspecified atom stereocenters. The fraction of sp³-hybridized carbons (Fsp3) is 0.467. The molecule has 0 spiro atoms. The molecular weight excluding hydrogens is 256 g/mol. The van der Waals surface area contributed by atoms with Crippen molar-refractivity contribution in [1.82, 2.24) is 5.32 Å². The largest absolute Gasteiger partial charge is 0.462 e. The second-order valence-electron chi connectivity index (χ2n) is 4.35. The highest BCUT2D eigenvalue weighted by Gasteiger charge is 2.06. The highest BCUT2D eigenvalue weighted by molar-refractivity contribution is 5.90. The summed E-state index contributed by atoms with van der Waals surface area (Å²) in [4.78, 5) is 23.0. The second-order valence-corrected chi connectivity index (χ2v) is 4.35. The molecule has 0 saturated heterocycles. The first-order chi connectivity index (χ1) is 9.67. The molecule has 0 heterocycles. The van der Waals surface area contributed by atoms with Crippen LogP contribution in [0.15, 0.2) is 24.3 Å². The zero-order valence-corrected chi connectivity index (χ0v) is 12.1. The Bertz CT molecular complexity index is 429. The molecule has 1 amide bonds. The molecule has 0 atom stereocenters. The van der Waals surface area contributed by atoms with Gasteiger partial charge < -0.3 is 15.4 Å². The molecule has 0 saturated carbocycles. The van der Waals surface area contributed by atoms with Gasteiger partial charge in [-0.3, -0.25) is 4.79 Å². The van der Waals surface area contributed by atoms with Crippen LogP contribution < -0.4 is 10.6 Å². The van der Waals surface area contributed by atoms with E-state index in [1.54, 1.807) is 31.2 Å². The van der Waals surface area contributed by atoms with Gasteiger partial charge in [0.25, 0.3) is 0 Å². The zero-order chi connectivity index (χ0) is 14.8. The summed E-state index contributed by atoms with van der Waals surface area (Å²) in [6, 6.07) is 6.86. The van der Waals surface area contributed by atoms with Crippen molar-refractivity contribution in [2.24, 2.45) is 0 Å². The van der Waals surface area contributed by atoms with Crippen LogP contribution >= 0.6 is 0 Å². The minimum atomic E-state index is -0.337. The number of benzene rings is 1. The van der Waals surface area contributed by atoms with Gasteiger partial charge in [0.1, 0.15) is 0 Å². The number of unbranched alkanes of at least 4 members (excludes halogenated alkanes) is 1. The highest BCUT2D eigenvalue weighted by Crippen LogP contribution is 2.10. The average Bonchev–Trinajstić information content (AvgIpc) is 2.46. The van der Waals surface area contributed by atoms with Crippen LogP contribution in [0, 0.1) is 0 Å². The van der Waals surface area contributed by atoms with Gasteiger partial charge in [-0.25, -0.2) is 4.79 Å². The average molecular weight is 278 g/mol. The van der Waals surface area contributed by atoms with Crippen LogP contribution in [0.4, 0.5) is 5.69 Å². The minimum Gasteiger partial charge on any atom is -0.462 e. The van der Waals surface area contributed by atoms with Crippen molar-refractivity contribution >= 4 is 17.6 Å². The van der Waals surface area contributed by atoms with Crippen LogP contribution in [0.1, 0.15) is 37.0 Å². The summed E-state index contributed by atoms with van der Waals surface area (Å²) in [5.41, 5.74) is 1.30. The topological polar surface area (TPSA) is 67.4 Å². The Morgan fingerprint density at radius 1 is 1.15 bits per heavy atom. The van der Waals surface area contributed by atoms with Crippen molar-refractivity contribution in [3.8, 4) is 0 Å². The normalized spacial score (nSPS) is 9.90. The van der Waals surface area contributed by atoms with Crippen LogP contribution in [0.25, 0.3) is 0 Å². The van der Waals surface area contributed by atoms with Gasteiger partial charge in [0.15, 0.2) is 0 Å². The molecule has 0 aliphatic heterocycles. The van der Waals surface area contributed by atoms with Crippen LogP contribution in [0.2, 0.25) is 0 Å². The fourth-order valence-corrected chi connectivity index (χ4v) is 1.59. The van der Waals surface area contributed by atoms with E-state index < -0.39 is 0 Å². The molecule has 2 N–H and O–H groups in total. The van der Waals surface area contributed by atoms with Crippen LogP contribution in [-0.2, 0) is 9.53 Å². The molecule has 0 radical (unpaired) electrons. The van der Waals surface area contributed by atoms with Crippen LogP contribution in [0.5, 0.6) is 0 Å². The first kappa shape index (κ1) is 16.0. The van der Waals surface area contributed by atoms with Crippen LogP contribution in [-0.4, -0.2) is 31.6 Å². The van der Waals surface area contributed by atoms with E-state index >= 15 is 0 Å². The highest BCUT2D eigenvalue weighted by atomic mass is 16.5. The molecular formula is C15H22N2O3. The molecule has 110 valence electrons. The maximum absolute atomic E-state index is 11.5. The van der Waals surface area contributed by atoms with Gasteiger partial charge in [0.2, 0.25) is 5.91 Å². The number of carbonyl (C=O) groups is 2. The number of nitrogens with one attached hydrogen (secondary N) is 2. The maximum Gasteiger partial charge on any atom is 0.338 e. The number of carbonyl (C=O) groups excluding carboxylic acids is 2. The van der Waals surface area contributed by atoms with E-state index in [4.69, 9.17) is 4.74 Å². The van der Waals surface area contributed by atoms with E-state index in [0.717, 1.165) is 18.5 Å². The Balaban J connectivity index is 2.38. The lowest BCUT2D eigenvalue weighted by molar-refractivity contribution is -0.119. The molecule has 1 aromatic rings. The summed E-state index contributed by atoms with van der Waals surface area (Å²) in [6.07, 6.45) is 2.04. The van der Waals surface area contributed by atoms with Gasteiger partial charge in [0.05, 0.1) is 18.7 Å². The number of hydrogen-bond acceptors (Lipinski definition) is 4. The van der Waals surface area contributed by atoms with E-state index in [1.807, 2.05) is 0 Å². The Labute approximate surface area is 119 Å². The maximum atomic E-state index is 11.5. The Kier molecular flexibility index (Phi) is 7.17. The molecule has 1 rings (SSSR count). The smallest absolute Gasteiger partial charge is 0.338 e. The first-order valence-corrected chi connectivity index (χ1v) is 6.95. The molecule has 5 nitrogen and oxygen atoms in total. The van der Waals surface area contributed by atoms with Crippen LogP contribution in [0.3, 0.4) is 0 Å². The third-order valence-electron chi connectivity index (χ3n) is 2.70. The van der Waals surface area contributed by atoms with Gasteiger partial charge in [-0.15, -0.1) is 0 Å². The second kappa shape index (κ2) is 8.96. The Morgan fingerprint density at radius 2 is 1.85 bits per heavy atom. The molecule has 0 fully saturated rings. The lowest BCUT2D eigenvalue weighted by Crippen LogP contribution is -2.30. The predicted octanol–water partition coefficient (Wildman–Crippen LogP) is 2.19. The standard InChI is InChI=1S/C15H22N2O3/c1-3-5-10-16-14(18)11-17-13-8-6-12(7-9-13)15(19)20-4-2/h6-9,17H,3-5,10-11H2,1-2H3,(H,16,18).